The number of hydrogen-bond acceptors (Lipinski definition) is 7. The predicted octanol–water partition coefficient (Wildman–Crippen LogP) is 2.67. The van der Waals surface area contributed by atoms with Crippen molar-refractivity contribution in [3.63, 3.8) is 0 Å². The van der Waals surface area contributed by atoms with E-state index in [1.54, 1.807) is 0 Å². The number of carbonyl (C=O) groups excluding carboxylic acids is 1. The van der Waals surface area contributed by atoms with Crippen molar-refractivity contribution in [2.75, 3.05) is 26.1 Å². The number of hydrogen-bond donors (Lipinski definition) is 2. The van der Waals surface area contributed by atoms with E-state index in [-0.39, 0.29) is 23.1 Å². The Hall–Kier alpha value is -3.67. The van der Waals surface area contributed by atoms with Crippen LogP contribution in [0, 0.1) is 11.6 Å². The molecule has 0 bridgehead atoms. The standard InChI is InChI=1S/C19H17F2NO8S/c1-28-15-6-10(4-5-17(23)29-2)7-16(18(15)30-3)31(26,27)22-14-8-11(19(24)25)12(20)9-13(14)21/h4-9,22H,1-3H3,(H,24,25)/b5-4+. The Morgan fingerprint density at radius 3 is 2.26 bits per heavy atom. The van der Waals surface area contributed by atoms with Crippen LogP contribution in [0.15, 0.2) is 35.2 Å². The number of benzene rings is 2. The lowest BCUT2D eigenvalue weighted by Crippen LogP contribution is -2.16. The summed E-state index contributed by atoms with van der Waals surface area (Å²) >= 11 is 0. The van der Waals surface area contributed by atoms with Gasteiger partial charge in [-0.05, 0) is 29.8 Å². The summed E-state index contributed by atoms with van der Waals surface area (Å²) in [5.74, 6) is -5.40. The van der Waals surface area contributed by atoms with Gasteiger partial charge in [-0.3, -0.25) is 4.72 Å². The van der Waals surface area contributed by atoms with Crippen molar-refractivity contribution in [1.29, 1.82) is 0 Å². The predicted molar refractivity (Wildman–Crippen MR) is 105 cm³/mol. The highest BCUT2D eigenvalue weighted by atomic mass is 32.2. The zero-order valence-electron chi connectivity index (χ0n) is 16.4. The van der Waals surface area contributed by atoms with E-state index in [0.29, 0.717) is 6.07 Å². The Bertz CT molecular complexity index is 1160. The first-order chi connectivity index (χ1) is 14.5. The molecule has 0 aliphatic carbocycles. The second-order valence-corrected chi connectivity index (χ2v) is 7.48. The maximum Gasteiger partial charge on any atom is 0.338 e. The topological polar surface area (TPSA) is 128 Å². The summed E-state index contributed by atoms with van der Waals surface area (Å²) in [6, 6.07) is 3.23. The van der Waals surface area contributed by atoms with Gasteiger partial charge in [0.25, 0.3) is 10.0 Å². The number of carbonyl (C=O) groups is 2. The minimum atomic E-state index is -4.59. The molecule has 0 saturated carbocycles. The van der Waals surface area contributed by atoms with Crippen LogP contribution in [0.1, 0.15) is 15.9 Å². The highest BCUT2D eigenvalue weighted by molar-refractivity contribution is 7.92. The Morgan fingerprint density at radius 1 is 1.03 bits per heavy atom. The number of carboxylic acid groups (broad SMARTS) is 1. The van der Waals surface area contributed by atoms with E-state index in [2.05, 4.69) is 4.74 Å². The Balaban J connectivity index is 2.62. The number of sulfonamides is 1. The van der Waals surface area contributed by atoms with E-state index in [4.69, 9.17) is 14.6 Å². The van der Waals surface area contributed by atoms with Gasteiger partial charge in [0.2, 0.25) is 0 Å². The van der Waals surface area contributed by atoms with Crippen molar-refractivity contribution in [2.45, 2.75) is 4.90 Å². The Labute approximate surface area is 175 Å². The average Bonchev–Trinajstić information content (AvgIpc) is 2.72. The molecule has 31 heavy (non-hydrogen) atoms. The molecule has 9 nitrogen and oxygen atoms in total. The van der Waals surface area contributed by atoms with Crippen LogP contribution in [0.4, 0.5) is 14.5 Å². The lowest BCUT2D eigenvalue weighted by molar-refractivity contribution is -0.134. The summed E-state index contributed by atoms with van der Waals surface area (Å²) in [7, 11) is -1.02. The fraction of sp³-hybridized carbons (Fsp3) is 0.158. The maximum absolute atomic E-state index is 14.1. The number of carboxylic acids is 1. The molecule has 0 radical (unpaired) electrons. The normalized spacial score (nSPS) is 11.3. The molecule has 0 amide bonds. The third kappa shape index (κ3) is 5.28. The monoisotopic (exact) mass is 457 g/mol. The molecule has 0 fully saturated rings. The fourth-order valence-electron chi connectivity index (χ4n) is 2.47. The number of aromatic carboxylic acids is 1. The zero-order valence-corrected chi connectivity index (χ0v) is 17.2. The van der Waals surface area contributed by atoms with E-state index in [9.17, 15) is 26.8 Å². The van der Waals surface area contributed by atoms with Gasteiger partial charge in [-0.1, -0.05) is 0 Å². The largest absolute Gasteiger partial charge is 0.493 e. The van der Waals surface area contributed by atoms with Crippen molar-refractivity contribution in [1.82, 2.24) is 0 Å². The van der Waals surface area contributed by atoms with Crippen LogP contribution in [-0.2, 0) is 19.6 Å². The number of nitrogens with one attached hydrogen (secondary N) is 1. The molecule has 2 aromatic rings. The van der Waals surface area contributed by atoms with Crippen molar-refractivity contribution in [3.05, 3.63) is 53.1 Å². The second-order valence-electron chi connectivity index (χ2n) is 5.83. The van der Waals surface area contributed by atoms with Crippen LogP contribution in [0.3, 0.4) is 0 Å². The smallest absolute Gasteiger partial charge is 0.338 e. The molecular formula is C19H17F2NO8S. The highest BCUT2D eigenvalue weighted by Gasteiger charge is 2.26. The number of rotatable bonds is 8. The van der Waals surface area contributed by atoms with Gasteiger partial charge in [0.1, 0.15) is 16.5 Å². The van der Waals surface area contributed by atoms with Gasteiger partial charge in [-0.2, -0.15) is 0 Å². The van der Waals surface area contributed by atoms with Crippen LogP contribution >= 0.6 is 0 Å². The molecule has 166 valence electrons. The summed E-state index contributed by atoms with van der Waals surface area (Å²) in [6.07, 6.45) is 2.28. The minimum Gasteiger partial charge on any atom is -0.493 e. The third-order valence-electron chi connectivity index (χ3n) is 3.90. The minimum absolute atomic E-state index is 0.0271. The number of anilines is 1. The van der Waals surface area contributed by atoms with Gasteiger partial charge in [0.15, 0.2) is 11.5 Å². The van der Waals surface area contributed by atoms with E-state index in [1.807, 2.05) is 4.72 Å². The lowest BCUT2D eigenvalue weighted by Gasteiger charge is -2.16. The molecule has 2 N–H and O–H groups in total. The summed E-state index contributed by atoms with van der Waals surface area (Å²) in [6.45, 7) is 0. The van der Waals surface area contributed by atoms with Crippen molar-refractivity contribution >= 4 is 33.7 Å². The molecule has 12 heteroatoms. The van der Waals surface area contributed by atoms with Crippen molar-refractivity contribution in [2.24, 2.45) is 0 Å². The first-order valence-electron chi connectivity index (χ1n) is 8.31. The van der Waals surface area contributed by atoms with Crippen molar-refractivity contribution in [3.8, 4) is 11.5 Å². The quantitative estimate of drug-likeness (QED) is 0.457. The average molecular weight is 457 g/mol. The van der Waals surface area contributed by atoms with Gasteiger partial charge in [-0.25, -0.2) is 26.8 Å². The number of methoxy groups -OCH3 is 3. The van der Waals surface area contributed by atoms with E-state index in [1.165, 1.54) is 26.4 Å². The molecule has 0 atom stereocenters. The second kappa shape index (κ2) is 9.43. The number of esters is 1. The van der Waals surface area contributed by atoms with Gasteiger partial charge in [-0.15, -0.1) is 0 Å². The summed E-state index contributed by atoms with van der Waals surface area (Å²) < 4.78 is 70.2. The van der Waals surface area contributed by atoms with Crippen LogP contribution in [0.2, 0.25) is 0 Å². The number of halogens is 2. The molecule has 0 unspecified atom stereocenters. The Kier molecular flexibility index (Phi) is 7.18. The van der Waals surface area contributed by atoms with Gasteiger partial charge in [0, 0.05) is 12.1 Å². The molecule has 0 aliphatic rings. The molecule has 0 heterocycles. The lowest BCUT2D eigenvalue weighted by atomic mass is 10.2. The molecule has 0 aliphatic heterocycles. The highest BCUT2D eigenvalue weighted by Crippen LogP contribution is 2.37. The van der Waals surface area contributed by atoms with Gasteiger partial charge >= 0.3 is 11.9 Å². The molecule has 0 saturated heterocycles. The molecule has 0 aromatic heterocycles. The summed E-state index contributed by atoms with van der Waals surface area (Å²) in [5, 5.41) is 8.99. The number of ether oxygens (including phenoxy) is 3. The van der Waals surface area contributed by atoms with E-state index >= 15 is 0 Å². The van der Waals surface area contributed by atoms with Crippen molar-refractivity contribution < 1.29 is 46.1 Å². The van der Waals surface area contributed by atoms with Gasteiger partial charge < -0.3 is 19.3 Å². The van der Waals surface area contributed by atoms with Crippen LogP contribution in [-0.4, -0.2) is 46.8 Å². The Morgan fingerprint density at radius 2 is 1.71 bits per heavy atom. The van der Waals surface area contributed by atoms with Crippen LogP contribution < -0.4 is 14.2 Å². The van der Waals surface area contributed by atoms with E-state index in [0.717, 1.165) is 19.3 Å². The third-order valence-corrected chi connectivity index (χ3v) is 5.27. The molecule has 0 spiro atoms. The van der Waals surface area contributed by atoms with Crippen LogP contribution in [0.25, 0.3) is 6.08 Å². The fourth-order valence-corrected chi connectivity index (χ4v) is 3.74. The summed E-state index contributed by atoms with van der Waals surface area (Å²) in [5.41, 5.74) is -1.54. The molecular weight excluding hydrogens is 440 g/mol. The zero-order chi connectivity index (χ0) is 23.3. The molecule has 2 aromatic carbocycles. The van der Waals surface area contributed by atoms with Gasteiger partial charge in [0.05, 0.1) is 32.6 Å². The summed E-state index contributed by atoms with van der Waals surface area (Å²) in [4.78, 5) is 21.9. The van der Waals surface area contributed by atoms with E-state index < -0.39 is 49.7 Å². The van der Waals surface area contributed by atoms with Crippen LogP contribution in [0.5, 0.6) is 11.5 Å². The SMILES string of the molecule is COC(=O)/C=C/c1cc(OC)c(OC)c(S(=O)(=O)Nc2cc(C(=O)O)c(F)cc2F)c1. The first-order valence-corrected chi connectivity index (χ1v) is 9.79. The molecule has 2 rings (SSSR count). The first kappa shape index (κ1) is 23.6. The maximum atomic E-state index is 14.1.